The lowest BCUT2D eigenvalue weighted by Gasteiger charge is -2.34. The summed E-state index contributed by atoms with van der Waals surface area (Å²) < 4.78 is 11.7. The maximum Gasteiger partial charge on any atom is 0.409 e. The van der Waals surface area contributed by atoms with Crippen LogP contribution in [0, 0.1) is 11.8 Å². The molecule has 4 aromatic rings. The van der Waals surface area contributed by atoms with Crippen LogP contribution in [0.25, 0.3) is 33.6 Å². The number of aromatic nitrogens is 4. The highest BCUT2D eigenvalue weighted by atomic mass is 127. The van der Waals surface area contributed by atoms with Gasteiger partial charge in [-0.25, -0.2) is 19.6 Å². The van der Waals surface area contributed by atoms with Crippen LogP contribution in [0.15, 0.2) is 60.9 Å². The van der Waals surface area contributed by atoms with E-state index >= 15 is 0 Å². The molecule has 15 heteroatoms. The number of benzene rings is 2. The number of carbonyl (C=O) groups is 4. The summed E-state index contributed by atoms with van der Waals surface area (Å²) in [6.07, 6.45) is 5.78. The molecule has 56 heavy (non-hydrogen) atoms. The van der Waals surface area contributed by atoms with Crippen LogP contribution in [0.5, 0.6) is 0 Å². The van der Waals surface area contributed by atoms with Gasteiger partial charge in [0.25, 0.3) is 0 Å². The maximum absolute atomic E-state index is 13.9. The van der Waals surface area contributed by atoms with Crippen molar-refractivity contribution in [2.24, 2.45) is 11.8 Å². The Morgan fingerprint density at radius 3 is 1.93 bits per heavy atom. The first-order chi connectivity index (χ1) is 26.8. The second-order valence-corrected chi connectivity index (χ2v) is 16.1. The molecule has 2 aliphatic rings. The molecule has 0 radical (unpaired) electrons. The molecule has 2 fully saturated rings. The van der Waals surface area contributed by atoms with Gasteiger partial charge < -0.3 is 29.6 Å². The number of aromatic amines is 1. The highest BCUT2D eigenvalue weighted by Crippen LogP contribution is 2.37. The fraction of sp³-hybridized carbons (Fsp3) is 0.463. The molecule has 0 saturated carbocycles. The third-order valence-corrected chi connectivity index (χ3v) is 11.9. The zero-order valence-electron chi connectivity index (χ0n) is 33.0. The molecule has 2 aromatic heterocycles. The van der Waals surface area contributed by atoms with Gasteiger partial charge in [0, 0.05) is 25.7 Å². The average Bonchev–Trinajstić information content (AvgIpc) is 4.03. The molecule has 14 nitrogen and oxygen atoms in total. The minimum absolute atomic E-state index is 0.0923. The predicted octanol–water partition coefficient (Wildman–Crippen LogP) is 7.24. The average molecular weight is 879 g/mol. The van der Waals surface area contributed by atoms with E-state index in [1.165, 1.54) is 19.1 Å². The number of halogens is 1. The molecule has 0 spiro atoms. The van der Waals surface area contributed by atoms with E-state index in [-0.39, 0.29) is 35.7 Å². The minimum atomic E-state index is -0.688. The first kappa shape index (κ1) is 40.7. The molecule has 0 aliphatic carbocycles. The molecule has 298 valence electrons. The van der Waals surface area contributed by atoms with Crippen molar-refractivity contribution in [3.8, 4) is 33.6 Å². The number of rotatable bonds is 11. The summed E-state index contributed by atoms with van der Waals surface area (Å²) in [6.45, 7) is 8.87. The molecule has 2 N–H and O–H groups in total. The van der Waals surface area contributed by atoms with Crippen molar-refractivity contribution in [1.82, 2.24) is 37.7 Å². The summed E-state index contributed by atoms with van der Waals surface area (Å²) in [6, 6.07) is 14.9. The summed E-state index contributed by atoms with van der Waals surface area (Å²) in [5.74, 6) is 1.09. The summed E-state index contributed by atoms with van der Waals surface area (Å²) in [5.41, 5.74) is 5.90. The van der Waals surface area contributed by atoms with E-state index in [0.717, 1.165) is 71.0 Å². The van der Waals surface area contributed by atoms with Gasteiger partial charge in [-0.1, -0.05) is 76.2 Å². The Bertz CT molecular complexity index is 2030. The van der Waals surface area contributed by atoms with Crippen LogP contribution in [-0.2, 0) is 19.1 Å². The SMILES string of the molecule is COC(=O)N[C@H](C(=O)N1CCCC1c1ncc(-c2ccc(-c3ccc(-c4cnc(C5CCCN5C(=O)[C@H](C(C)C)N(C)C(=O)OC)n4I)cc3)cc2)[nH]1)C(C)C. The van der Waals surface area contributed by atoms with Gasteiger partial charge in [0.15, 0.2) is 0 Å². The minimum Gasteiger partial charge on any atom is -0.453 e. The normalized spacial score (nSPS) is 18.0. The third-order valence-electron chi connectivity index (χ3n) is 10.9. The molecule has 2 aromatic carbocycles. The van der Waals surface area contributed by atoms with Crippen molar-refractivity contribution in [2.75, 3.05) is 34.4 Å². The van der Waals surface area contributed by atoms with Crippen molar-refractivity contribution < 1.29 is 28.7 Å². The van der Waals surface area contributed by atoms with Gasteiger partial charge in [0.1, 0.15) is 23.7 Å². The van der Waals surface area contributed by atoms with Gasteiger partial charge in [0.05, 0.1) is 72.9 Å². The molecule has 2 saturated heterocycles. The van der Waals surface area contributed by atoms with E-state index in [4.69, 9.17) is 14.5 Å². The van der Waals surface area contributed by atoms with E-state index in [2.05, 4.69) is 86.7 Å². The number of hydrogen-bond donors (Lipinski definition) is 2. The van der Waals surface area contributed by atoms with Crippen molar-refractivity contribution in [3.63, 3.8) is 0 Å². The number of alkyl carbamates (subject to hydrolysis) is 1. The standard InChI is InChI=1S/C41H51IN8O6/c1-24(2)34(46-40(53)55-6)38(51)48-20-8-10-31(48)36-43-22-30(45-36)28-16-12-26(13-17-28)27-14-18-29(19-15-27)33-23-44-37(50(33)42)32-11-9-21-49(32)39(52)35(25(3)4)47(5)41(54)56-7/h12-19,22-25,31-32,34-35H,8-11,20-21H2,1-7H3,(H,43,45)(H,46,53)/t31?,32?,34-,35-/m0/s1. The molecule has 2 aliphatic heterocycles. The molecule has 2 unspecified atom stereocenters. The topological polar surface area (TPSA) is 155 Å². The monoisotopic (exact) mass is 878 g/mol. The third kappa shape index (κ3) is 8.27. The van der Waals surface area contributed by atoms with E-state index in [0.29, 0.717) is 13.1 Å². The van der Waals surface area contributed by atoms with Crippen LogP contribution in [0.2, 0.25) is 0 Å². The smallest absolute Gasteiger partial charge is 0.409 e. The lowest BCUT2D eigenvalue weighted by Crippen LogP contribution is -2.51. The van der Waals surface area contributed by atoms with Gasteiger partial charge in [-0.05, 0) is 54.2 Å². The molecule has 6 rings (SSSR count). The second-order valence-electron chi connectivity index (χ2n) is 15.1. The fourth-order valence-corrected chi connectivity index (χ4v) is 8.75. The number of methoxy groups -OCH3 is 2. The highest BCUT2D eigenvalue weighted by molar-refractivity contribution is 14.1. The van der Waals surface area contributed by atoms with Gasteiger partial charge in [-0.2, -0.15) is 0 Å². The number of ether oxygens (including phenoxy) is 2. The van der Waals surface area contributed by atoms with Crippen LogP contribution >= 0.6 is 22.9 Å². The van der Waals surface area contributed by atoms with E-state index in [1.54, 1.807) is 13.2 Å². The first-order valence-electron chi connectivity index (χ1n) is 19.1. The number of likely N-dealkylation sites (tertiary alicyclic amines) is 2. The molecule has 4 amide bonds. The van der Waals surface area contributed by atoms with Crippen LogP contribution < -0.4 is 5.32 Å². The predicted molar refractivity (Wildman–Crippen MR) is 220 cm³/mol. The van der Waals surface area contributed by atoms with E-state index in [9.17, 15) is 19.2 Å². The summed E-state index contributed by atoms with van der Waals surface area (Å²) in [7, 11) is 4.22. The van der Waals surface area contributed by atoms with Gasteiger partial charge in [-0.3, -0.25) is 17.3 Å². The quantitative estimate of drug-likeness (QED) is 0.150. The zero-order chi connectivity index (χ0) is 40.3. The number of carbonyl (C=O) groups excluding carboxylic acids is 4. The Morgan fingerprint density at radius 2 is 1.36 bits per heavy atom. The Kier molecular flexibility index (Phi) is 12.7. The number of nitrogens with one attached hydrogen (secondary N) is 2. The van der Waals surface area contributed by atoms with Crippen molar-refractivity contribution in [3.05, 3.63) is 72.6 Å². The summed E-state index contributed by atoms with van der Waals surface area (Å²) in [4.78, 5) is 69.7. The Labute approximate surface area is 341 Å². The number of H-pyrrole nitrogens is 1. The molecular formula is C41H51IN8O6. The largest absolute Gasteiger partial charge is 0.453 e. The molecule has 0 bridgehead atoms. The second kappa shape index (κ2) is 17.5. The summed E-state index contributed by atoms with van der Waals surface area (Å²) >= 11 is 2.27. The maximum atomic E-state index is 13.9. The van der Waals surface area contributed by atoms with Crippen LogP contribution in [0.3, 0.4) is 0 Å². The highest BCUT2D eigenvalue weighted by Gasteiger charge is 2.41. The van der Waals surface area contributed by atoms with Gasteiger partial charge in [-0.15, -0.1) is 0 Å². The Balaban J connectivity index is 1.13. The number of hydrogen-bond acceptors (Lipinski definition) is 8. The van der Waals surface area contributed by atoms with Crippen LogP contribution in [0.1, 0.15) is 77.1 Å². The molecule has 4 heterocycles. The number of nitrogens with zero attached hydrogens (tertiary/aromatic N) is 6. The van der Waals surface area contributed by atoms with Crippen LogP contribution in [0.4, 0.5) is 9.59 Å². The number of amides is 4. The summed E-state index contributed by atoms with van der Waals surface area (Å²) in [5, 5.41) is 2.70. The first-order valence-corrected chi connectivity index (χ1v) is 20.1. The van der Waals surface area contributed by atoms with Gasteiger partial charge in [0.2, 0.25) is 11.8 Å². The lowest BCUT2D eigenvalue weighted by atomic mass is 10.0. The van der Waals surface area contributed by atoms with E-state index < -0.39 is 24.3 Å². The van der Waals surface area contributed by atoms with Crippen molar-refractivity contribution >= 4 is 46.9 Å². The Morgan fingerprint density at radius 1 is 0.786 bits per heavy atom. The van der Waals surface area contributed by atoms with Crippen molar-refractivity contribution in [1.29, 1.82) is 0 Å². The number of imidazole rings is 2. The number of likely N-dealkylation sites (N-methyl/N-ethyl adjacent to an activating group) is 1. The zero-order valence-corrected chi connectivity index (χ0v) is 35.1. The molecular weight excluding hydrogens is 827 g/mol. The van der Waals surface area contributed by atoms with E-state index in [1.807, 2.05) is 46.5 Å². The van der Waals surface area contributed by atoms with Crippen molar-refractivity contribution in [2.45, 2.75) is 77.5 Å². The fourth-order valence-electron chi connectivity index (χ4n) is 7.90. The molecule has 4 atom stereocenters. The van der Waals surface area contributed by atoms with Gasteiger partial charge >= 0.3 is 12.2 Å². The Hall–Kier alpha value is -4.93. The lowest BCUT2D eigenvalue weighted by molar-refractivity contribution is -0.138. The van der Waals surface area contributed by atoms with Crippen LogP contribution in [-0.4, -0.2) is 103 Å².